The predicted octanol–water partition coefficient (Wildman–Crippen LogP) is 1.00. The third kappa shape index (κ3) is 1.76. The number of aromatic nitrogens is 2. The quantitative estimate of drug-likeness (QED) is 0.691. The van der Waals surface area contributed by atoms with Gasteiger partial charge < -0.3 is 10.1 Å². The first kappa shape index (κ1) is 7.61. The zero-order valence-corrected chi connectivity index (χ0v) is 6.92. The molecule has 1 fully saturated rings. The summed E-state index contributed by atoms with van der Waals surface area (Å²) in [6.45, 7) is 1.74. The van der Waals surface area contributed by atoms with Crippen LogP contribution in [0.2, 0.25) is 0 Å². The zero-order valence-electron chi connectivity index (χ0n) is 6.92. The summed E-state index contributed by atoms with van der Waals surface area (Å²) in [5.74, 6) is 0. The van der Waals surface area contributed by atoms with Gasteiger partial charge in [0.2, 0.25) is 0 Å². The number of hydrogen-bond acceptors (Lipinski definition) is 3. The SMILES string of the molecule is c1n[nH]cc1NC1CCOCC1. The van der Waals surface area contributed by atoms with Gasteiger partial charge in [-0.3, -0.25) is 5.10 Å². The minimum Gasteiger partial charge on any atom is -0.381 e. The molecule has 0 amide bonds. The van der Waals surface area contributed by atoms with Crippen LogP contribution in [0.25, 0.3) is 0 Å². The molecule has 12 heavy (non-hydrogen) atoms. The van der Waals surface area contributed by atoms with Gasteiger partial charge in [0, 0.05) is 25.5 Å². The van der Waals surface area contributed by atoms with Gasteiger partial charge in [0.25, 0.3) is 0 Å². The first-order chi connectivity index (χ1) is 5.95. The molecule has 2 heterocycles. The van der Waals surface area contributed by atoms with Crippen molar-refractivity contribution >= 4 is 5.69 Å². The monoisotopic (exact) mass is 167 g/mol. The van der Waals surface area contributed by atoms with Gasteiger partial charge in [-0.1, -0.05) is 0 Å². The van der Waals surface area contributed by atoms with Crippen molar-refractivity contribution in [3.63, 3.8) is 0 Å². The van der Waals surface area contributed by atoms with Gasteiger partial charge in [0.1, 0.15) is 0 Å². The highest BCUT2D eigenvalue weighted by molar-refractivity contribution is 5.38. The summed E-state index contributed by atoms with van der Waals surface area (Å²) in [7, 11) is 0. The summed E-state index contributed by atoms with van der Waals surface area (Å²) in [4.78, 5) is 0. The van der Waals surface area contributed by atoms with Crippen molar-refractivity contribution in [2.24, 2.45) is 0 Å². The van der Waals surface area contributed by atoms with Crippen molar-refractivity contribution in [2.45, 2.75) is 18.9 Å². The van der Waals surface area contributed by atoms with E-state index in [2.05, 4.69) is 15.5 Å². The Balaban J connectivity index is 1.86. The van der Waals surface area contributed by atoms with E-state index in [1.54, 1.807) is 6.20 Å². The average Bonchev–Trinajstić information content (AvgIpc) is 2.59. The Bertz CT molecular complexity index is 216. The van der Waals surface area contributed by atoms with Crippen LogP contribution in [0.3, 0.4) is 0 Å². The molecule has 1 saturated heterocycles. The zero-order chi connectivity index (χ0) is 8.23. The number of anilines is 1. The fourth-order valence-electron chi connectivity index (χ4n) is 1.41. The number of ether oxygens (including phenoxy) is 1. The van der Waals surface area contributed by atoms with Gasteiger partial charge in [-0.15, -0.1) is 0 Å². The lowest BCUT2D eigenvalue weighted by atomic mass is 10.1. The molecule has 0 radical (unpaired) electrons. The van der Waals surface area contributed by atoms with Crippen molar-refractivity contribution in [2.75, 3.05) is 18.5 Å². The molecule has 1 aromatic rings. The lowest BCUT2D eigenvalue weighted by Crippen LogP contribution is -2.27. The van der Waals surface area contributed by atoms with Gasteiger partial charge in [-0.25, -0.2) is 0 Å². The summed E-state index contributed by atoms with van der Waals surface area (Å²) in [6, 6.07) is 0.552. The van der Waals surface area contributed by atoms with Crippen molar-refractivity contribution in [3.8, 4) is 0 Å². The molecular formula is C8H13N3O. The molecule has 1 aromatic heterocycles. The van der Waals surface area contributed by atoms with Gasteiger partial charge in [-0.2, -0.15) is 5.10 Å². The maximum absolute atomic E-state index is 5.26. The Morgan fingerprint density at radius 3 is 3.00 bits per heavy atom. The standard InChI is InChI=1S/C8H13N3O/c1-3-12-4-2-7(1)11-8-5-9-10-6-8/h5-7,11H,1-4H2,(H,9,10). The maximum Gasteiger partial charge on any atom is 0.0725 e. The highest BCUT2D eigenvalue weighted by Crippen LogP contribution is 2.12. The molecule has 2 N–H and O–H groups in total. The average molecular weight is 167 g/mol. The van der Waals surface area contributed by atoms with E-state index in [1.807, 2.05) is 6.20 Å². The summed E-state index contributed by atoms with van der Waals surface area (Å²) >= 11 is 0. The van der Waals surface area contributed by atoms with E-state index in [4.69, 9.17) is 4.74 Å². The molecular weight excluding hydrogens is 154 g/mol. The highest BCUT2D eigenvalue weighted by Gasteiger charge is 2.12. The van der Waals surface area contributed by atoms with Crippen LogP contribution in [-0.2, 0) is 4.74 Å². The summed E-state index contributed by atoms with van der Waals surface area (Å²) in [6.07, 6.45) is 5.85. The van der Waals surface area contributed by atoms with Crippen LogP contribution >= 0.6 is 0 Å². The smallest absolute Gasteiger partial charge is 0.0725 e. The van der Waals surface area contributed by atoms with Crippen molar-refractivity contribution in [1.82, 2.24) is 10.2 Å². The van der Waals surface area contributed by atoms with Crippen molar-refractivity contribution in [3.05, 3.63) is 12.4 Å². The first-order valence-corrected chi connectivity index (χ1v) is 4.28. The second-order valence-electron chi connectivity index (χ2n) is 3.02. The Morgan fingerprint density at radius 2 is 2.33 bits per heavy atom. The molecule has 0 bridgehead atoms. The number of nitrogens with one attached hydrogen (secondary N) is 2. The van der Waals surface area contributed by atoms with Crippen LogP contribution < -0.4 is 5.32 Å². The van der Waals surface area contributed by atoms with Crippen LogP contribution in [0, 0.1) is 0 Å². The van der Waals surface area contributed by atoms with Gasteiger partial charge in [0.15, 0.2) is 0 Å². The first-order valence-electron chi connectivity index (χ1n) is 4.28. The van der Waals surface area contributed by atoms with Crippen molar-refractivity contribution in [1.29, 1.82) is 0 Å². The number of rotatable bonds is 2. The van der Waals surface area contributed by atoms with E-state index in [-0.39, 0.29) is 0 Å². The van der Waals surface area contributed by atoms with Crippen molar-refractivity contribution < 1.29 is 4.74 Å². The molecule has 4 heteroatoms. The summed E-state index contributed by atoms with van der Waals surface area (Å²) in [5.41, 5.74) is 1.07. The molecule has 0 aromatic carbocycles. The summed E-state index contributed by atoms with van der Waals surface area (Å²) < 4.78 is 5.26. The lowest BCUT2D eigenvalue weighted by molar-refractivity contribution is 0.0904. The van der Waals surface area contributed by atoms with E-state index < -0.39 is 0 Å². The topological polar surface area (TPSA) is 49.9 Å². The van der Waals surface area contributed by atoms with Crippen LogP contribution in [0.5, 0.6) is 0 Å². The van der Waals surface area contributed by atoms with Gasteiger partial charge in [0.05, 0.1) is 11.9 Å². The third-order valence-corrected chi connectivity index (χ3v) is 2.09. The number of nitrogens with zero attached hydrogens (tertiary/aromatic N) is 1. The minimum absolute atomic E-state index is 0.552. The number of aromatic amines is 1. The molecule has 0 spiro atoms. The molecule has 66 valence electrons. The summed E-state index contributed by atoms with van der Waals surface area (Å²) in [5, 5.41) is 10.0. The fourth-order valence-corrected chi connectivity index (χ4v) is 1.41. The molecule has 4 nitrogen and oxygen atoms in total. The second kappa shape index (κ2) is 3.58. The molecule has 1 aliphatic rings. The Labute approximate surface area is 71.3 Å². The molecule has 1 aliphatic heterocycles. The number of H-pyrrole nitrogens is 1. The highest BCUT2D eigenvalue weighted by atomic mass is 16.5. The van der Waals surface area contributed by atoms with Crippen LogP contribution in [0.1, 0.15) is 12.8 Å². The molecule has 0 atom stereocenters. The lowest BCUT2D eigenvalue weighted by Gasteiger charge is -2.23. The Morgan fingerprint density at radius 1 is 1.50 bits per heavy atom. The van der Waals surface area contributed by atoms with Crippen LogP contribution in [-0.4, -0.2) is 29.5 Å². The second-order valence-corrected chi connectivity index (χ2v) is 3.02. The van der Waals surface area contributed by atoms with E-state index >= 15 is 0 Å². The van der Waals surface area contributed by atoms with Gasteiger partial charge in [-0.05, 0) is 12.8 Å². The molecule has 2 rings (SSSR count). The Kier molecular flexibility index (Phi) is 2.27. The predicted molar refractivity (Wildman–Crippen MR) is 46.1 cm³/mol. The van der Waals surface area contributed by atoms with Crippen LogP contribution in [0.15, 0.2) is 12.4 Å². The van der Waals surface area contributed by atoms with E-state index in [9.17, 15) is 0 Å². The Hall–Kier alpha value is -1.03. The third-order valence-electron chi connectivity index (χ3n) is 2.09. The fraction of sp³-hybridized carbons (Fsp3) is 0.625. The van der Waals surface area contributed by atoms with Crippen LogP contribution in [0.4, 0.5) is 5.69 Å². The van der Waals surface area contributed by atoms with E-state index in [0.29, 0.717) is 6.04 Å². The van der Waals surface area contributed by atoms with Gasteiger partial charge >= 0.3 is 0 Å². The minimum atomic E-state index is 0.552. The number of hydrogen-bond donors (Lipinski definition) is 2. The largest absolute Gasteiger partial charge is 0.381 e. The molecule has 0 saturated carbocycles. The molecule has 0 unspecified atom stereocenters. The maximum atomic E-state index is 5.26. The normalized spacial score (nSPS) is 19.3. The van der Waals surface area contributed by atoms with E-state index in [1.165, 1.54) is 0 Å². The van der Waals surface area contributed by atoms with E-state index in [0.717, 1.165) is 31.7 Å². The molecule has 0 aliphatic carbocycles.